The van der Waals surface area contributed by atoms with E-state index in [1.54, 1.807) is 23.2 Å². The summed E-state index contributed by atoms with van der Waals surface area (Å²) in [5, 5.41) is 3.90. The van der Waals surface area contributed by atoms with Gasteiger partial charge in [-0.25, -0.2) is 19.7 Å². The molecule has 0 radical (unpaired) electrons. The maximum atomic E-state index is 13.3. The molecule has 0 bridgehead atoms. The minimum absolute atomic E-state index is 0.220. The normalized spacial score (nSPS) is 17.3. The highest BCUT2D eigenvalue weighted by Crippen LogP contribution is 2.29. The van der Waals surface area contributed by atoms with E-state index in [1.807, 2.05) is 12.3 Å². The molecule has 0 saturated carbocycles. The molecule has 1 fully saturated rings. The van der Waals surface area contributed by atoms with Crippen LogP contribution in [0.4, 0.5) is 4.79 Å². The third-order valence-electron chi connectivity index (χ3n) is 6.38. The molecule has 2 amide bonds. The first-order valence-corrected chi connectivity index (χ1v) is 12.1. The van der Waals surface area contributed by atoms with Crippen molar-refractivity contribution in [3.05, 3.63) is 75.4 Å². The van der Waals surface area contributed by atoms with Gasteiger partial charge < -0.3 is 19.4 Å². The van der Waals surface area contributed by atoms with Gasteiger partial charge in [0.2, 0.25) is 0 Å². The van der Waals surface area contributed by atoms with E-state index in [0.29, 0.717) is 41.2 Å². The minimum atomic E-state index is -0.555. The molecule has 3 aromatic rings. The Balaban J connectivity index is 1.30. The molecule has 0 unspecified atom stereocenters. The number of oxazole rings is 1. The number of hydrogen-bond acceptors (Lipinski definition) is 6. The van der Waals surface area contributed by atoms with Crippen LogP contribution in [0.1, 0.15) is 47.3 Å². The Kier molecular flexibility index (Phi) is 6.99. The zero-order chi connectivity index (χ0) is 23.5. The van der Waals surface area contributed by atoms with Crippen LogP contribution in [0.25, 0.3) is 0 Å². The molecule has 4 heterocycles. The average Bonchev–Trinajstić information content (AvgIpc) is 3.39. The summed E-state index contributed by atoms with van der Waals surface area (Å²) in [5.74, 6) is 1.89. The van der Waals surface area contributed by atoms with Crippen molar-refractivity contribution in [2.45, 2.75) is 38.3 Å². The van der Waals surface area contributed by atoms with Crippen LogP contribution in [0, 0.1) is 5.92 Å². The SMILES string of the molecule is O=C(N[C@H](c1ccc(Cl)c(Cl)c1)c1cnco1)N1CCc2cnc(CC3CCOCC3)nc2C1. The number of carbonyl (C=O) groups excluding carboxylic acids is 1. The Morgan fingerprint density at radius 1 is 1.21 bits per heavy atom. The average molecular weight is 502 g/mol. The zero-order valence-electron chi connectivity index (χ0n) is 18.5. The van der Waals surface area contributed by atoms with E-state index in [2.05, 4.69) is 15.3 Å². The second kappa shape index (κ2) is 10.3. The largest absolute Gasteiger partial charge is 0.446 e. The molecule has 5 rings (SSSR count). The fourth-order valence-corrected chi connectivity index (χ4v) is 4.72. The lowest BCUT2D eigenvalue weighted by Gasteiger charge is -2.30. The van der Waals surface area contributed by atoms with Gasteiger partial charge in [-0.15, -0.1) is 0 Å². The summed E-state index contributed by atoms with van der Waals surface area (Å²) >= 11 is 12.3. The second-order valence-corrected chi connectivity index (χ2v) is 9.46. The fraction of sp³-hybridized carbons (Fsp3) is 0.417. The van der Waals surface area contributed by atoms with Crippen LogP contribution in [0.3, 0.4) is 0 Å². The summed E-state index contributed by atoms with van der Waals surface area (Å²) in [4.78, 5) is 28.4. The molecule has 2 aliphatic heterocycles. The first kappa shape index (κ1) is 23.1. The van der Waals surface area contributed by atoms with E-state index < -0.39 is 6.04 Å². The number of aromatic nitrogens is 3. The monoisotopic (exact) mass is 501 g/mol. The molecule has 34 heavy (non-hydrogen) atoms. The van der Waals surface area contributed by atoms with E-state index in [1.165, 1.54) is 6.39 Å². The van der Waals surface area contributed by atoms with Gasteiger partial charge in [0.25, 0.3) is 0 Å². The molecule has 2 aromatic heterocycles. The van der Waals surface area contributed by atoms with Gasteiger partial charge in [0.15, 0.2) is 12.2 Å². The van der Waals surface area contributed by atoms with Gasteiger partial charge in [0.1, 0.15) is 11.9 Å². The lowest BCUT2D eigenvalue weighted by molar-refractivity contribution is 0.0659. The van der Waals surface area contributed by atoms with Crippen molar-refractivity contribution in [1.29, 1.82) is 0 Å². The number of fused-ring (bicyclic) bond motifs is 1. The van der Waals surface area contributed by atoms with E-state index in [0.717, 1.165) is 55.1 Å². The molecule has 1 N–H and O–H groups in total. The molecule has 2 aliphatic rings. The van der Waals surface area contributed by atoms with E-state index in [-0.39, 0.29) is 6.03 Å². The van der Waals surface area contributed by atoms with Gasteiger partial charge in [-0.2, -0.15) is 0 Å². The number of carbonyl (C=O) groups is 1. The standard InChI is InChI=1S/C24H25Cl2N5O3/c25-18-2-1-16(10-19(18)26)23(21-12-27-14-34-21)30-24(32)31-6-3-17-11-28-22(29-20(17)13-31)9-15-4-7-33-8-5-15/h1-2,10-12,14-15,23H,3-9,13H2,(H,30,32)/t23-/m1/s1. The highest BCUT2D eigenvalue weighted by molar-refractivity contribution is 6.42. The summed E-state index contributed by atoms with van der Waals surface area (Å²) in [5.41, 5.74) is 2.75. The quantitative estimate of drug-likeness (QED) is 0.549. The van der Waals surface area contributed by atoms with Crippen LogP contribution in [-0.2, 0) is 24.1 Å². The smallest absolute Gasteiger partial charge is 0.318 e. The molecule has 178 valence electrons. The topological polar surface area (TPSA) is 93.4 Å². The molecule has 1 aromatic carbocycles. The molecule has 0 aliphatic carbocycles. The fourth-order valence-electron chi connectivity index (χ4n) is 4.42. The summed E-state index contributed by atoms with van der Waals surface area (Å²) in [7, 11) is 0. The predicted molar refractivity (Wildman–Crippen MR) is 127 cm³/mol. The summed E-state index contributed by atoms with van der Waals surface area (Å²) in [6.07, 6.45) is 8.45. The molecule has 10 heteroatoms. The molecular formula is C24H25Cl2N5O3. The number of amides is 2. The Hall–Kier alpha value is -2.68. The van der Waals surface area contributed by atoms with Crippen molar-refractivity contribution in [1.82, 2.24) is 25.2 Å². The van der Waals surface area contributed by atoms with Crippen LogP contribution >= 0.6 is 23.2 Å². The van der Waals surface area contributed by atoms with Crippen LogP contribution in [0.2, 0.25) is 10.0 Å². The van der Waals surface area contributed by atoms with Crippen LogP contribution in [0.5, 0.6) is 0 Å². The number of halogens is 2. The van der Waals surface area contributed by atoms with Gasteiger partial charge >= 0.3 is 6.03 Å². The van der Waals surface area contributed by atoms with Crippen molar-refractivity contribution in [2.75, 3.05) is 19.8 Å². The van der Waals surface area contributed by atoms with Crippen molar-refractivity contribution in [2.24, 2.45) is 5.92 Å². The third-order valence-corrected chi connectivity index (χ3v) is 7.11. The van der Waals surface area contributed by atoms with E-state index in [4.69, 9.17) is 37.3 Å². The number of rotatable bonds is 5. The Morgan fingerprint density at radius 2 is 2.06 bits per heavy atom. The van der Waals surface area contributed by atoms with Crippen molar-refractivity contribution in [3.63, 3.8) is 0 Å². The van der Waals surface area contributed by atoms with Crippen molar-refractivity contribution in [3.8, 4) is 0 Å². The number of nitrogens with one attached hydrogen (secondary N) is 1. The summed E-state index contributed by atoms with van der Waals surface area (Å²) < 4.78 is 11.0. The van der Waals surface area contributed by atoms with Gasteiger partial charge in [-0.3, -0.25) is 0 Å². The van der Waals surface area contributed by atoms with Crippen molar-refractivity contribution >= 4 is 29.2 Å². The number of nitrogens with zero attached hydrogens (tertiary/aromatic N) is 4. The highest BCUT2D eigenvalue weighted by atomic mass is 35.5. The van der Waals surface area contributed by atoms with E-state index in [9.17, 15) is 4.79 Å². The maximum Gasteiger partial charge on any atom is 0.318 e. The summed E-state index contributed by atoms with van der Waals surface area (Å²) in [6, 6.07) is 4.45. The maximum absolute atomic E-state index is 13.3. The van der Waals surface area contributed by atoms with Crippen LogP contribution in [-0.4, -0.2) is 45.6 Å². The van der Waals surface area contributed by atoms with Gasteiger partial charge in [0, 0.05) is 32.4 Å². The van der Waals surface area contributed by atoms with Gasteiger partial charge in [0.05, 0.1) is 28.5 Å². The summed E-state index contributed by atoms with van der Waals surface area (Å²) in [6.45, 7) is 2.60. The predicted octanol–water partition coefficient (Wildman–Crippen LogP) is 4.60. The molecular weight excluding hydrogens is 477 g/mol. The minimum Gasteiger partial charge on any atom is -0.446 e. The Morgan fingerprint density at radius 3 is 2.82 bits per heavy atom. The second-order valence-electron chi connectivity index (χ2n) is 8.65. The van der Waals surface area contributed by atoms with E-state index >= 15 is 0 Å². The Labute approximate surface area is 207 Å². The number of benzene rings is 1. The highest BCUT2D eigenvalue weighted by Gasteiger charge is 2.27. The lowest BCUT2D eigenvalue weighted by atomic mass is 9.96. The molecule has 1 saturated heterocycles. The molecule has 1 atom stereocenters. The number of urea groups is 1. The number of ether oxygens (including phenoxy) is 1. The van der Waals surface area contributed by atoms with Gasteiger partial charge in [-0.1, -0.05) is 29.3 Å². The van der Waals surface area contributed by atoms with Crippen LogP contribution in [0.15, 0.2) is 41.4 Å². The van der Waals surface area contributed by atoms with Crippen molar-refractivity contribution < 1.29 is 13.9 Å². The third kappa shape index (κ3) is 5.19. The van der Waals surface area contributed by atoms with Gasteiger partial charge in [-0.05, 0) is 48.4 Å². The lowest BCUT2D eigenvalue weighted by Crippen LogP contribution is -2.44. The Bertz CT molecular complexity index is 1150. The number of hydrogen-bond donors (Lipinski definition) is 1. The first-order valence-electron chi connectivity index (χ1n) is 11.4. The zero-order valence-corrected chi connectivity index (χ0v) is 20.1. The van der Waals surface area contributed by atoms with Crippen LogP contribution < -0.4 is 5.32 Å². The molecule has 8 nitrogen and oxygen atoms in total. The first-order chi connectivity index (χ1) is 16.6. The molecule has 0 spiro atoms.